The van der Waals surface area contributed by atoms with Crippen LogP contribution in [0.1, 0.15) is 51.4 Å². The molecular formula is C15H26N2S2. The highest BCUT2D eigenvalue weighted by Gasteiger charge is 2.38. The Balaban J connectivity index is 1.50. The second kappa shape index (κ2) is 5.88. The van der Waals surface area contributed by atoms with Gasteiger partial charge in [-0.15, -0.1) is 0 Å². The lowest BCUT2D eigenvalue weighted by molar-refractivity contribution is 0.232. The maximum absolute atomic E-state index is 4.86. The molecule has 3 aliphatic rings. The number of amidine groups is 1. The third-order valence-electron chi connectivity index (χ3n) is 5.25. The molecule has 0 bridgehead atoms. The highest BCUT2D eigenvalue weighted by Crippen LogP contribution is 2.43. The molecule has 0 unspecified atom stereocenters. The van der Waals surface area contributed by atoms with E-state index < -0.39 is 0 Å². The van der Waals surface area contributed by atoms with E-state index in [-0.39, 0.29) is 0 Å². The summed E-state index contributed by atoms with van der Waals surface area (Å²) in [7, 11) is 0. The number of hydrogen-bond donors (Lipinski definition) is 1. The Morgan fingerprint density at radius 3 is 2.47 bits per heavy atom. The van der Waals surface area contributed by atoms with E-state index >= 15 is 0 Å². The summed E-state index contributed by atoms with van der Waals surface area (Å²) in [5, 5.41) is 4.85. The molecule has 0 saturated heterocycles. The monoisotopic (exact) mass is 298 g/mol. The molecule has 0 aromatic rings. The topological polar surface area (TPSA) is 24.4 Å². The van der Waals surface area contributed by atoms with Gasteiger partial charge in [0.05, 0.1) is 0 Å². The molecule has 19 heavy (non-hydrogen) atoms. The molecule has 0 aromatic carbocycles. The summed E-state index contributed by atoms with van der Waals surface area (Å²) in [6.45, 7) is 2.20. The molecule has 1 aliphatic heterocycles. The predicted molar refractivity (Wildman–Crippen MR) is 88.4 cm³/mol. The maximum atomic E-state index is 4.86. The van der Waals surface area contributed by atoms with E-state index in [1.54, 1.807) is 0 Å². The van der Waals surface area contributed by atoms with Crippen LogP contribution < -0.4 is 5.32 Å². The van der Waals surface area contributed by atoms with Gasteiger partial charge in [0.2, 0.25) is 0 Å². The van der Waals surface area contributed by atoms with E-state index in [1.807, 2.05) is 23.5 Å². The lowest BCUT2D eigenvalue weighted by Gasteiger charge is -2.42. The van der Waals surface area contributed by atoms with E-state index in [0.717, 1.165) is 13.1 Å². The third-order valence-corrected chi connectivity index (χ3v) is 7.97. The van der Waals surface area contributed by atoms with Crippen LogP contribution in [0.25, 0.3) is 0 Å². The van der Waals surface area contributed by atoms with Gasteiger partial charge in [-0.1, -0.05) is 37.4 Å². The van der Waals surface area contributed by atoms with Crippen LogP contribution in [0.3, 0.4) is 0 Å². The minimum absolute atomic E-state index is 0.517. The van der Waals surface area contributed by atoms with E-state index in [0.29, 0.717) is 10.2 Å². The van der Waals surface area contributed by atoms with Crippen LogP contribution in [0, 0.1) is 5.41 Å². The Bertz CT molecular complexity index is 339. The molecule has 1 spiro atoms. The van der Waals surface area contributed by atoms with Crippen molar-refractivity contribution in [2.75, 3.05) is 25.1 Å². The lowest BCUT2D eigenvalue weighted by atomic mass is 9.75. The molecule has 1 N–H and O–H groups in total. The van der Waals surface area contributed by atoms with Crippen LogP contribution in [0.5, 0.6) is 0 Å². The van der Waals surface area contributed by atoms with Crippen molar-refractivity contribution in [3.05, 3.63) is 0 Å². The fourth-order valence-corrected chi connectivity index (χ4v) is 5.59. The third kappa shape index (κ3) is 3.10. The molecule has 2 fully saturated rings. The Hall–Kier alpha value is 0.170. The fourth-order valence-electron chi connectivity index (χ4n) is 3.52. The van der Waals surface area contributed by atoms with Crippen molar-refractivity contribution in [1.29, 1.82) is 0 Å². The number of nitrogens with one attached hydrogen (secondary N) is 1. The summed E-state index contributed by atoms with van der Waals surface area (Å²) in [6.07, 6.45) is 13.5. The highest BCUT2D eigenvalue weighted by molar-refractivity contribution is 8.13. The standard InChI is InChI=1S/C15H26N2S2/c1-18-15(8-5-9-15)11-17-13-16-10-14(12-19-13)6-3-2-4-7-14/h2-12H2,1H3,(H,16,17). The molecule has 2 aliphatic carbocycles. The highest BCUT2D eigenvalue weighted by atomic mass is 32.2. The van der Waals surface area contributed by atoms with Gasteiger partial charge in [0.1, 0.15) is 0 Å². The maximum Gasteiger partial charge on any atom is 0.156 e. The first-order valence-corrected chi connectivity index (χ1v) is 9.93. The number of nitrogens with zero attached hydrogens (tertiary/aromatic N) is 1. The summed E-state index contributed by atoms with van der Waals surface area (Å²) < 4.78 is 0.517. The van der Waals surface area contributed by atoms with Crippen molar-refractivity contribution in [2.24, 2.45) is 10.4 Å². The molecule has 108 valence electrons. The quantitative estimate of drug-likeness (QED) is 0.855. The predicted octanol–water partition coefficient (Wildman–Crippen LogP) is 3.92. The summed E-state index contributed by atoms with van der Waals surface area (Å²) >= 11 is 4.03. The van der Waals surface area contributed by atoms with Gasteiger partial charge in [-0.25, -0.2) is 0 Å². The van der Waals surface area contributed by atoms with E-state index in [9.17, 15) is 0 Å². The number of rotatable bonds is 3. The SMILES string of the molecule is CSC1(CNC2=NCC3(CCCCC3)CS2)CCC1. The van der Waals surface area contributed by atoms with Gasteiger partial charge in [-0.05, 0) is 37.4 Å². The molecule has 4 heteroatoms. The first-order chi connectivity index (χ1) is 9.26. The Kier molecular flexibility index (Phi) is 4.37. The van der Waals surface area contributed by atoms with Crippen LogP contribution in [0.15, 0.2) is 4.99 Å². The van der Waals surface area contributed by atoms with Gasteiger partial charge < -0.3 is 5.32 Å². The molecular weight excluding hydrogens is 272 g/mol. The Morgan fingerprint density at radius 1 is 1.16 bits per heavy atom. The second-order valence-electron chi connectivity index (χ2n) is 6.56. The van der Waals surface area contributed by atoms with Crippen molar-refractivity contribution in [3.8, 4) is 0 Å². The van der Waals surface area contributed by atoms with Crippen LogP contribution in [-0.2, 0) is 0 Å². The minimum Gasteiger partial charge on any atom is -0.364 e. The van der Waals surface area contributed by atoms with Crippen molar-refractivity contribution in [3.63, 3.8) is 0 Å². The van der Waals surface area contributed by atoms with Gasteiger partial charge in [0.15, 0.2) is 5.17 Å². The first kappa shape index (κ1) is 14.1. The van der Waals surface area contributed by atoms with Crippen molar-refractivity contribution >= 4 is 28.7 Å². The molecule has 0 radical (unpaired) electrons. The van der Waals surface area contributed by atoms with Gasteiger partial charge in [-0.3, -0.25) is 4.99 Å². The van der Waals surface area contributed by atoms with Crippen molar-refractivity contribution < 1.29 is 0 Å². The molecule has 1 heterocycles. The molecule has 0 atom stereocenters. The smallest absolute Gasteiger partial charge is 0.156 e. The molecule has 3 rings (SSSR count). The lowest BCUT2D eigenvalue weighted by Crippen LogP contribution is -2.46. The van der Waals surface area contributed by atoms with Gasteiger partial charge in [0, 0.05) is 23.6 Å². The first-order valence-electron chi connectivity index (χ1n) is 7.72. The Labute approximate surface area is 126 Å². The van der Waals surface area contributed by atoms with Gasteiger partial charge in [-0.2, -0.15) is 11.8 Å². The Morgan fingerprint density at radius 2 is 1.95 bits per heavy atom. The zero-order valence-electron chi connectivity index (χ0n) is 12.0. The largest absolute Gasteiger partial charge is 0.364 e. The number of thioether (sulfide) groups is 2. The molecule has 0 amide bonds. The summed E-state index contributed by atoms with van der Waals surface area (Å²) in [4.78, 5) is 4.86. The minimum atomic E-state index is 0.517. The van der Waals surface area contributed by atoms with Crippen molar-refractivity contribution in [2.45, 2.75) is 56.1 Å². The van der Waals surface area contributed by atoms with Crippen LogP contribution in [0.4, 0.5) is 0 Å². The summed E-state index contributed by atoms with van der Waals surface area (Å²) in [6, 6.07) is 0. The van der Waals surface area contributed by atoms with Crippen LogP contribution in [0.2, 0.25) is 0 Å². The van der Waals surface area contributed by atoms with Crippen LogP contribution in [-0.4, -0.2) is 35.0 Å². The zero-order valence-corrected chi connectivity index (χ0v) is 13.7. The van der Waals surface area contributed by atoms with E-state index in [1.165, 1.54) is 62.3 Å². The fraction of sp³-hybridized carbons (Fsp3) is 0.933. The van der Waals surface area contributed by atoms with E-state index in [4.69, 9.17) is 4.99 Å². The van der Waals surface area contributed by atoms with E-state index in [2.05, 4.69) is 11.6 Å². The van der Waals surface area contributed by atoms with Crippen LogP contribution >= 0.6 is 23.5 Å². The molecule has 2 saturated carbocycles. The summed E-state index contributed by atoms with van der Waals surface area (Å²) in [5.74, 6) is 1.30. The average molecular weight is 299 g/mol. The van der Waals surface area contributed by atoms with Gasteiger partial charge >= 0.3 is 0 Å². The summed E-state index contributed by atoms with van der Waals surface area (Å²) in [5.41, 5.74) is 0.557. The number of hydrogen-bond acceptors (Lipinski definition) is 4. The molecule has 2 nitrogen and oxygen atoms in total. The molecule has 0 aromatic heterocycles. The average Bonchev–Trinajstić information content (AvgIpc) is 2.41. The number of aliphatic imine (C=N–C) groups is 1. The van der Waals surface area contributed by atoms with Crippen molar-refractivity contribution in [1.82, 2.24) is 5.32 Å². The van der Waals surface area contributed by atoms with Gasteiger partial charge in [0.25, 0.3) is 0 Å². The zero-order chi connectivity index (χ0) is 13.2. The normalized spacial score (nSPS) is 28.6. The second-order valence-corrected chi connectivity index (χ2v) is 8.80.